The van der Waals surface area contributed by atoms with E-state index in [9.17, 15) is 0 Å². The summed E-state index contributed by atoms with van der Waals surface area (Å²) in [5.74, 6) is 2.35. The van der Waals surface area contributed by atoms with E-state index in [0.717, 1.165) is 109 Å². The van der Waals surface area contributed by atoms with Crippen LogP contribution in [0.25, 0.3) is 84.6 Å². The van der Waals surface area contributed by atoms with E-state index >= 15 is 0 Å². The minimum absolute atomic E-state index is 0.730. The number of aromatic nitrogens is 7. The van der Waals surface area contributed by atoms with Gasteiger partial charge in [-0.3, -0.25) is 13.7 Å². The third kappa shape index (κ3) is 5.11. The van der Waals surface area contributed by atoms with Crippen LogP contribution < -0.4 is 0 Å². The van der Waals surface area contributed by atoms with Crippen molar-refractivity contribution in [3.63, 3.8) is 0 Å². The van der Waals surface area contributed by atoms with Crippen molar-refractivity contribution in [3.05, 3.63) is 162 Å². The van der Waals surface area contributed by atoms with Crippen molar-refractivity contribution < 1.29 is 0 Å². The minimum atomic E-state index is 0.730. The first-order chi connectivity index (χ1) is 26.5. The predicted octanol–water partition coefficient (Wildman–Crippen LogP) is 11.3. The Balaban J connectivity index is 1.32. The van der Waals surface area contributed by atoms with Crippen LogP contribution in [0.15, 0.2) is 151 Å². The van der Waals surface area contributed by atoms with Crippen molar-refractivity contribution in [2.24, 2.45) is 0 Å². The molecule has 0 atom stereocenters. The summed E-state index contributed by atoms with van der Waals surface area (Å²) in [5, 5.41) is 0. The molecule has 0 unspecified atom stereocenters. The van der Waals surface area contributed by atoms with Gasteiger partial charge in [0.25, 0.3) is 0 Å². The summed E-state index contributed by atoms with van der Waals surface area (Å²) in [6.45, 7) is 6.48. The van der Waals surface area contributed by atoms with E-state index in [1.165, 1.54) is 5.57 Å². The van der Waals surface area contributed by atoms with Gasteiger partial charge in [-0.05, 0) is 111 Å². The molecule has 10 rings (SSSR count). The van der Waals surface area contributed by atoms with Gasteiger partial charge >= 0.3 is 0 Å². The van der Waals surface area contributed by atoms with Gasteiger partial charge in [0.05, 0.1) is 44.5 Å². The molecule has 0 amide bonds. The fourth-order valence-corrected chi connectivity index (χ4v) is 7.92. The highest BCUT2D eigenvalue weighted by molar-refractivity contribution is 5.90. The second kappa shape index (κ2) is 12.7. The van der Waals surface area contributed by atoms with E-state index < -0.39 is 0 Å². The lowest BCUT2D eigenvalue weighted by Crippen LogP contribution is -2.07. The Labute approximate surface area is 313 Å². The standard InChI is InChI=1S/C47H37N7/c1-30-16-4-10-22-39(30)52-42-25-13-7-19-34(42)49-45(52)33-28-37(46-50-35-20-8-14-26-43(35)53(46)40-23-11-5-17-31(40)2)48-38(29-33)47-51-36-21-9-15-27-44(36)54(47)41-24-12-6-18-32(41)3/h4-5,7-11,13-29H,6,12H2,1-3H3. The highest BCUT2D eigenvalue weighted by Crippen LogP contribution is 2.38. The number of pyridine rings is 1. The zero-order valence-electron chi connectivity index (χ0n) is 30.4. The monoisotopic (exact) mass is 699 g/mol. The number of nitrogens with zero attached hydrogens (tertiary/aromatic N) is 7. The van der Waals surface area contributed by atoms with E-state index in [4.69, 9.17) is 19.9 Å². The molecule has 54 heavy (non-hydrogen) atoms. The molecular weight excluding hydrogens is 663 g/mol. The fraction of sp³-hybridized carbons (Fsp3) is 0.106. The summed E-state index contributed by atoms with van der Waals surface area (Å²) in [6, 6.07) is 46.2. The summed E-state index contributed by atoms with van der Waals surface area (Å²) >= 11 is 0. The number of hydrogen-bond acceptors (Lipinski definition) is 4. The molecule has 0 spiro atoms. The third-order valence-corrected chi connectivity index (χ3v) is 10.5. The Morgan fingerprint density at radius 1 is 0.426 bits per heavy atom. The molecule has 0 N–H and O–H groups in total. The van der Waals surface area contributed by atoms with Gasteiger partial charge in [-0.2, -0.15) is 0 Å². The summed E-state index contributed by atoms with van der Waals surface area (Å²) in [4.78, 5) is 21.5. The van der Waals surface area contributed by atoms with Crippen LogP contribution in [-0.4, -0.2) is 33.6 Å². The van der Waals surface area contributed by atoms with Gasteiger partial charge in [0.15, 0.2) is 11.6 Å². The van der Waals surface area contributed by atoms with Gasteiger partial charge in [-0.25, -0.2) is 19.9 Å². The van der Waals surface area contributed by atoms with Crippen LogP contribution in [0, 0.1) is 13.8 Å². The van der Waals surface area contributed by atoms with Gasteiger partial charge in [0, 0.05) is 11.3 Å². The van der Waals surface area contributed by atoms with Gasteiger partial charge in [0.2, 0.25) is 0 Å². The molecule has 5 aromatic carbocycles. The van der Waals surface area contributed by atoms with E-state index in [1.807, 2.05) is 18.2 Å². The fourth-order valence-electron chi connectivity index (χ4n) is 7.92. The molecule has 0 saturated heterocycles. The van der Waals surface area contributed by atoms with Gasteiger partial charge in [0.1, 0.15) is 17.2 Å². The lowest BCUT2D eigenvalue weighted by atomic mass is 10.0. The van der Waals surface area contributed by atoms with Crippen molar-refractivity contribution in [3.8, 4) is 45.8 Å². The maximum absolute atomic E-state index is 5.51. The molecule has 1 aliphatic rings. The number of aryl methyl sites for hydroxylation is 2. The van der Waals surface area contributed by atoms with Crippen molar-refractivity contribution >= 4 is 38.8 Å². The Bertz CT molecular complexity index is 2850. The van der Waals surface area contributed by atoms with Gasteiger partial charge in [-0.1, -0.05) is 84.9 Å². The number of para-hydroxylation sites is 8. The van der Waals surface area contributed by atoms with E-state index in [2.05, 4.69) is 162 Å². The average Bonchev–Trinajstić information content (AvgIpc) is 3.91. The van der Waals surface area contributed by atoms with Crippen molar-refractivity contribution in [1.29, 1.82) is 0 Å². The zero-order valence-corrected chi connectivity index (χ0v) is 30.4. The minimum Gasteiger partial charge on any atom is -0.292 e. The van der Waals surface area contributed by atoms with Crippen LogP contribution in [0.1, 0.15) is 30.9 Å². The van der Waals surface area contributed by atoms with Crippen molar-refractivity contribution in [2.75, 3.05) is 0 Å². The molecule has 260 valence electrons. The third-order valence-electron chi connectivity index (χ3n) is 10.5. The number of imidazole rings is 3. The molecule has 0 bridgehead atoms. The molecule has 1 aliphatic carbocycles. The topological polar surface area (TPSA) is 66.3 Å². The molecule has 7 nitrogen and oxygen atoms in total. The van der Waals surface area contributed by atoms with E-state index in [0.29, 0.717) is 0 Å². The summed E-state index contributed by atoms with van der Waals surface area (Å²) in [7, 11) is 0. The highest BCUT2D eigenvalue weighted by Gasteiger charge is 2.25. The Hall–Kier alpha value is -6.86. The molecule has 4 heterocycles. The normalized spacial score (nSPS) is 13.2. The molecule has 9 aromatic rings. The highest BCUT2D eigenvalue weighted by atomic mass is 15.1. The van der Waals surface area contributed by atoms with Gasteiger partial charge in [-0.15, -0.1) is 0 Å². The maximum atomic E-state index is 5.51. The molecular formula is C47H37N7. The van der Waals surface area contributed by atoms with Crippen LogP contribution in [0.5, 0.6) is 0 Å². The van der Waals surface area contributed by atoms with Crippen molar-refractivity contribution in [2.45, 2.75) is 33.6 Å². The second-order valence-corrected chi connectivity index (χ2v) is 14.0. The summed E-state index contributed by atoms with van der Waals surface area (Å²) < 4.78 is 6.80. The number of benzene rings is 5. The molecule has 4 aromatic heterocycles. The van der Waals surface area contributed by atoms with Crippen LogP contribution in [-0.2, 0) is 0 Å². The summed E-state index contributed by atoms with van der Waals surface area (Å²) in [5.41, 5.74) is 15.0. The maximum Gasteiger partial charge on any atom is 0.164 e. The zero-order chi connectivity index (χ0) is 36.3. The summed E-state index contributed by atoms with van der Waals surface area (Å²) in [6.07, 6.45) is 6.64. The first kappa shape index (κ1) is 31.8. The largest absolute Gasteiger partial charge is 0.292 e. The van der Waals surface area contributed by atoms with Crippen LogP contribution in [0.3, 0.4) is 0 Å². The smallest absolute Gasteiger partial charge is 0.164 e. The number of hydrogen-bond donors (Lipinski definition) is 0. The Kier molecular flexibility index (Phi) is 7.47. The number of rotatable bonds is 6. The van der Waals surface area contributed by atoms with Gasteiger partial charge < -0.3 is 0 Å². The molecule has 7 heteroatoms. The van der Waals surface area contributed by atoms with E-state index in [1.54, 1.807) is 0 Å². The SMILES string of the molecule is CC1=CCCC=C1n1c(-c2cc(-c3nc4ccccc4n3-c3ccccc3C)cc(-c3nc4ccccc4n3-c3ccccc3C)n2)nc2ccccc21. The second-order valence-electron chi connectivity index (χ2n) is 14.0. The van der Waals surface area contributed by atoms with Crippen LogP contribution >= 0.6 is 0 Å². The number of fused-ring (bicyclic) bond motifs is 3. The van der Waals surface area contributed by atoms with Crippen molar-refractivity contribution in [1.82, 2.24) is 33.6 Å². The Morgan fingerprint density at radius 2 is 0.852 bits per heavy atom. The molecule has 0 fully saturated rings. The lowest BCUT2D eigenvalue weighted by molar-refractivity contribution is 0.981. The quantitative estimate of drug-likeness (QED) is 0.173. The first-order valence-corrected chi connectivity index (χ1v) is 18.5. The van der Waals surface area contributed by atoms with Crippen LogP contribution in [0.2, 0.25) is 0 Å². The lowest BCUT2D eigenvalue weighted by Gasteiger charge is -2.18. The molecule has 0 radical (unpaired) electrons. The van der Waals surface area contributed by atoms with Crippen LogP contribution in [0.4, 0.5) is 0 Å². The molecule has 0 saturated carbocycles. The van der Waals surface area contributed by atoms with E-state index in [-0.39, 0.29) is 0 Å². The first-order valence-electron chi connectivity index (χ1n) is 18.5. The average molecular weight is 700 g/mol. The Morgan fingerprint density at radius 3 is 1.39 bits per heavy atom. The predicted molar refractivity (Wildman–Crippen MR) is 220 cm³/mol. The molecule has 0 aliphatic heterocycles. The number of allylic oxidation sites excluding steroid dienone is 4.